The zero-order valence-corrected chi connectivity index (χ0v) is 12.9. The van der Waals surface area contributed by atoms with Gasteiger partial charge >= 0.3 is 11.7 Å². The first-order valence-electron chi connectivity index (χ1n) is 5.73. The van der Waals surface area contributed by atoms with Crippen molar-refractivity contribution < 1.29 is 19.2 Å². The molecule has 0 heterocycles. The summed E-state index contributed by atoms with van der Waals surface area (Å²) in [5.41, 5.74) is 0.447. The van der Waals surface area contributed by atoms with Crippen LogP contribution >= 0.6 is 15.9 Å². The van der Waals surface area contributed by atoms with E-state index >= 15 is 0 Å². The minimum absolute atomic E-state index is 0.0630. The lowest BCUT2D eigenvalue weighted by Gasteiger charge is -2.16. The maximum Gasteiger partial charge on any atom is 0.326 e. The van der Waals surface area contributed by atoms with Gasteiger partial charge in [-0.05, 0) is 25.6 Å². The number of carbonyl (C=O) groups is 1. The summed E-state index contributed by atoms with van der Waals surface area (Å²) in [7, 11) is 2.84. The molecule has 0 aromatic heterocycles. The smallest absolute Gasteiger partial charge is 0.326 e. The predicted octanol–water partition coefficient (Wildman–Crippen LogP) is 1.81. The molecule has 20 heavy (non-hydrogen) atoms. The van der Waals surface area contributed by atoms with Crippen molar-refractivity contribution >= 4 is 27.6 Å². The maximum atomic E-state index is 11.4. The van der Waals surface area contributed by atoms with E-state index in [0.29, 0.717) is 10.0 Å². The van der Waals surface area contributed by atoms with Crippen molar-refractivity contribution in [3.63, 3.8) is 0 Å². The standard InChI is InChI=1S/C12H15BrN2O5/c1-7-4-8(13)5-10(15(17)18)11(7)20-6-9(14-2)12(16)19-3/h4-5,9,14H,6H2,1-3H3. The molecule has 110 valence electrons. The van der Waals surface area contributed by atoms with Crippen LogP contribution < -0.4 is 10.1 Å². The van der Waals surface area contributed by atoms with Gasteiger partial charge in [0.25, 0.3) is 0 Å². The summed E-state index contributed by atoms with van der Waals surface area (Å²) < 4.78 is 10.6. The lowest BCUT2D eigenvalue weighted by molar-refractivity contribution is -0.386. The predicted molar refractivity (Wildman–Crippen MR) is 75.9 cm³/mol. The molecule has 1 unspecified atom stereocenters. The molecule has 1 N–H and O–H groups in total. The van der Waals surface area contributed by atoms with Gasteiger partial charge in [0.05, 0.1) is 12.0 Å². The van der Waals surface area contributed by atoms with Gasteiger partial charge in [-0.2, -0.15) is 0 Å². The third-order valence-electron chi connectivity index (χ3n) is 2.64. The third kappa shape index (κ3) is 3.91. The normalized spacial score (nSPS) is 11.8. The number of aryl methyl sites for hydroxylation is 1. The molecule has 0 aliphatic heterocycles. The third-order valence-corrected chi connectivity index (χ3v) is 3.10. The number of methoxy groups -OCH3 is 1. The Bertz CT molecular complexity index is 521. The van der Waals surface area contributed by atoms with E-state index in [0.717, 1.165) is 0 Å². The molecule has 1 atom stereocenters. The molecule has 1 rings (SSSR count). The maximum absolute atomic E-state index is 11.4. The highest BCUT2D eigenvalue weighted by Gasteiger charge is 2.23. The summed E-state index contributed by atoms with van der Waals surface area (Å²) in [4.78, 5) is 21.9. The minimum Gasteiger partial charge on any atom is -0.484 e. The average molecular weight is 347 g/mol. The first-order valence-corrected chi connectivity index (χ1v) is 6.52. The number of rotatable bonds is 6. The van der Waals surface area contributed by atoms with Crippen LogP contribution in [0.3, 0.4) is 0 Å². The van der Waals surface area contributed by atoms with Crippen LogP contribution in [-0.4, -0.2) is 37.7 Å². The summed E-state index contributed by atoms with van der Waals surface area (Å²) in [6, 6.07) is 2.37. The molecule has 0 fully saturated rings. The van der Waals surface area contributed by atoms with Crippen LogP contribution in [0.15, 0.2) is 16.6 Å². The van der Waals surface area contributed by atoms with Crippen molar-refractivity contribution in [3.8, 4) is 5.75 Å². The Morgan fingerprint density at radius 2 is 2.20 bits per heavy atom. The van der Waals surface area contributed by atoms with Gasteiger partial charge in [-0.15, -0.1) is 0 Å². The van der Waals surface area contributed by atoms with Crippen molar-refractivity contribution in [2.45, 2.75) is 13.0 Å². The number of halogens is 1. The Kier molecular flexibility index (Phi) is 5.90. The number of nitro groups is 1. The Hall–Kier alpha value is -1.67. The number of likely N-dealkylation sites (N-methyl/N-ethyl adjacent to an activating group) is 1. The largest absolute Gasteiger partial charge is 0.484 e. The van der Waals surface area contributed by atoms with E-state index in [1.54, 1.807) is 20.0 Å². The summed E-state index contributed by atoms with van der Waals surface area (Å²) in [6.45, 7) is 1.63. The molecule has 0 aliphatic carbocycles. The van der Waals surface area contributed by atoms with Crippen molar-refractivity contribution in [1.29, 1.82) is 0 Å². The van der Waals surface area contributed by atoms with Gasteiger partial charge in [0.15, 0.2) is 5.75 Å². The first-order chi connectivity index (χ1) is 9.40. The lowest BCUT2D eigenvalue weighted by atomic mass is 10.2. The van der Waals surface area contributed by atoms with Gasteiger partial charge in [0.2, 0.25) is 0 Å². The molecular weight excluding hydrogens is 332 g/mol. The van der Waals surface area contributed by atoms with Crippen molar-refractivity contribution in [3.05, 3.63) is 32.3 Å². The van der Waals surface area contributed by atoms with E-state index in [-0.39, 0.29) is 18.0 Å². The summed E-state index contributed by atoms with van der Waals surface area (Å²) in [6.07, 6.45) is 0. The molecule has 0 saturated carbocycles. The number of esters is 1. The second-order valence-electron chi connectivity index (χ2n) is 4.00. The zero-order valence-electron chi connectivity index (χ0n) is 11.3. The summed E-state index contributed by atoms with van der Waals surface area (Å²) in [5, 5.41) is 13.8. The van der Waals surface area contributed by atoms with Gasteiger partial charge in [-0.1, -0.05) is 15.9 Å². The van der Waals surface area contributed by atoms with Gasteiger partial charge in [-0.3, -0.25) is 14.9 Å². The van der Waals surface area contributed by atoms with E-state index in [1.807, 2.05) is 0 Å². The molecule has 0 aliphatic rings. The highest BCUT2D eigenvalue weighted by Crippen LogP contribution is 2.34. The molecule has 7 nitrogen and oxygen atoms in total. The van der Waals surface area contributed by atoms with Crippen LogP contribution in [0.25, 0.3) is 0 Å². The average Bonchev–Trinajstić information content (AvgIpc) is 2.40. The molecule has 0 spiro atoms. The Balaban J connectivity index is 2.97. The molecular formula is C12H15BrN2O5. The number of nitrogens with one attached hydrogen (secondary N) is 1. The van der Waals surface area contributed by atoms with Crippen LogP contribution in [0.2, 0.25) is 0 Å². The summed E-state index contributed by atoms with van der Waals surface area (Å²) in [5.74, 6) is -0.354. The molecule has 1 aromatic carbocycles. The highest BCUT2D eigenvalue weighted by atomic mass is 79.9. The van der Waals surface area contributed by atoms with Gasteiger partial charge < -0.3 is 14.8 Å². The van der Waals surface area contributed by atoms with Crippen molar-refractivity contribution in [2.75, 3.05) is 20.8 Å². The Morgan fingerprint density at radius 1 is 1.55 bits per heavy atom. The number of hydrogen-bond donors (Lipinski definition) is 1. The molecule has 8 heteroatoms. The molecule has 0 amide bonds. The number of benzene rings is 1. The van der Waals surface area contributed by atoms with E-state index in [2.05, 4.69) is 26.0 Å². The first kappa shape index (κ1) is 16.4. The fraction of sp³-hybridized carbons (Fsp3) is 0.417. The van der Waals surface area contributed by atoms with Gasteiger partial charge in [0, 0.05) is 10.5 Å². The van der Waals surface area contributed by atoms with Crippen LogP contribution in [0.5, 0.6) is 5.75 Å². The van der Waals surface area contributed by atoms with E-state index in [4.69, 9.17) is 4.74 Å². The number of hydrogen-bond acceptors (Lipinski definition) is 6. The molecule has 0 radical (unpaired) electrons. The second-order valence-corrected chi connectivity index (χ2v) is 4.92. The number of nitro benzene ring substituents is 1. The number of ether oxygens (including phenoxy) is 2. The second kappa shape index (κ2) is 7.20. The van der Waals surface area contributed by atoms with E-state index in [9.17, 15) is 14.9 Å². The quantitative estimate of drug-likeness (QED) is 0.479. The molecule has 0 bridgehead atoms. The number of carbonyl (C=O) groups excluding carboxylic acids is 1. The molecule has 0 saturated heterocycles. The Morgan fingerprint density at radius 3 is 2.70 bits per heavy atom. The topological polar surface area (TPSA) is 90.7 Å². The van der Waals surface area contributed by atoms with Crippen LogP contribution in [0, 0.1) is 17.0 Å². The van der Waals surface area contributed by atoms with Crippen molar-refractivity contribution in [1.82, 2.24) is 5.32 Å². The fourth-order valence-electron chi connectivity index (χ4n) is 1.61. The van der Waals surface area contributed by atoms with Gasteiger partial charge in [0.1, 0.15) is 12.6 Å². The lowest BCUT2D eigenvalue weighted by Crippen LogP contribution is -2.40. The fourth-order valence-corrected chi connectivity index (χ4v) is 2.17. The van der Waals surface area contributed by atoms with Crippen molar-refractivity contribution in [2.24, 2.45) is 0 Å². The number of nitrogens with zero attached hydrogens (tertiary/aromatic N) is 1. The van der Waals surface area contributed by atoms with Crippen LogP contribution in [0.1, 0.15) is 5.56 Å². The monoisotopic (exact) mass is 346 g/mol. The summed E-state index contributed by atoms with van der Waals surface area (Å²) >= 11 is 3.20. The Labute approximate surface area is 124 Å². The highest BCUT2D eigenvalue weighted by molar-refractivity contribution is 9.10. The molecule has 1 aromatic rings. The van der Waals surface area contributed by atoms with E-state index < -0.39 is 16.9 Å². The van der Waals surface area contributed by atoms with Crippen LogP contribution in [-0.2, 0) is 9.53 Å². The van der Waals surface area contributed by atoms with E-state index in [1.165, 1.54) is 13.2 Å². The van der Waals surface area contributed by atoms with Crippen LogP contribution in [0.4, 0.5) is 5.69 Å². The SMILES string of the molecule is CNC(COc1c(C)cc(Br)cc1[N+](=O)[O-])C(=O)OC. The zero-order chi connectivity index (χ0) is 15.3. The minimum atomic E-state index is -0.692. The van der Waals surface area contributed by atoms with Gasteiger partial charge in [-0.25, -0.2) is 0 Å².